The molecule has 2 heterocycles. The van der Waals surface area contributed by atoms with E-state index in [2.05, 4.69) is 5.10 Å². The van der Waals surface area contributed by atoms with E-state index in [1.165, 1.54) is 20.2 Å². The Morgan fingerprint density at radius 3 is 2.26 bits per heavy atom. The number of aryl methyl sites for hydroxylation is 2. The summed E-state index contributed by atoms with van der Waals surface area (Å²) in [4.78, 5) is 39.1. The fourth-order valence-electron chi connectivity index (χ4n) is 4.13. The minimum Gasteiger partial charge on any atom is -0.494 e. The highest BCUT2D eigenvalue weighted by Crippen LogP contribution is 2.39. The Morgan fingerprint density at radius 2 is 1.65 bits per heavy atom. The molecule has 5 rings (SSSR count). The third-order valence-electron chi connectivity index (χ3n) is 6.09. The van der Waals surface area contributed by atoms with Crippen molar-refractivity contribution in [3.05, 3.63) is 61.3 Å². The molecular weight excluding hydrogens is 396 g/mol. The molecule has 1 aliphatic heterocycles. The first-order valence-electron chi connectivity index (χ1n) is 10.6. The number of hydrazone groups is 1. The van der Waals surface area contributed by atoms with E-state index in [1.54, 1.807) is 6.92 Å². The first-order valence-corrected chi connectivity index (χ1v) is 10.6. The molecule has 0 saturated heterocycles. The summed E-state index contributed by atoms with van der Waals surface area (Å²) in [7, 11) is 0. The number of carbonyl (C=O) groups is 1. The van der Waals surface area contributed by atoms with E-state index in [0.29, 0.717) is 11.4 Å². The molecule has 31 heavy (non-hydrogen) atoms. The summed E-state index contributed by atoms with van der Waals surface area (Å²) in [5.41, 5.74) is 2.29. The van der Waals surface area contributed by atoms with Gasteiger partial charge in [-0.15, -0.1) is 0 Å². The average Bonchev–Trinajstić information content (AvgIpc) is 3.61. The third kappa shape index (κ3) is 3.13. The Kier molecular flexibility index (Phi) is 4.28. The molecule has 160 valence electrons. The zero-order valence-electron chi connectivity index (χ0n) is 17.8. The fraction of sp³-hybridized carbons (Fsp3) is 0.391. The van der Waals surface area contributed by atoms with Crippen molar-refractivity contribution >= 4 is 23.4 Å². The molecule has 0 atom stereocenters. The topological polar surface area (TPSA) is 96.9 Å². The molecule has 8 nitrogen and oxygen atoms in total. The molecule has 3 aliphatic rings. The standard InChI is InChI=1S/C23H24N4O4/c1-12-4-9-19(13(2)10-12)27-22(30)17(14(3)24-27)11-18-20(28)25(15-5-6-15)23(31)26(21(18)29)16-7-8-16/h4,9-11,15-16,28H,5-8H2,1-3H3/b17-11-. The van der Waals surface area contributed by atoms with E-state index in [0.717, 1.165) is 36.8 Å². The van der Waals surface area contributed by atoms with Crippen molar-refractivity contribution in [1.82, 2.24) is 9.13 Å². The maximum atomic E-state index is 13.2. The van der Waals surface area contributed by atoms with Gasteiger partial charge in [0.05, 0.1) is 17.0 Å². The lowest BCUT2D eigenvalue weighted by Gasteiger charge is -2.15. The molecule has 8 heteroatoms. The Bertz CT molecular complexity index is 1310. The summed E-state index contributed by atoms with van der Waals surface area (Å²) in [6.45, 7) is 5.58. The maximum absolute atomic E-state index is 13.2. The van der Waals surface area contributed by atoms with Crippen molar-refractivity contribution in [3.8, 4) is 5.88 Å². The van der Waals surface area contributed by atoms with Gasteiger partial charge >= 0.3 is 5.69 Å². The van der Waals surface area contributed by atoms with Gasteiger partial charge in [-0.05, 0) is 64.2 Å². The second kappa shape index (κ2) is 6.80. The average molecular weight is 420 g/mol. The molecule has 2 aromatic rings. The second-order valence-electron chi connectivity index (χ2n) is 8.68. The minimum absolute atomic E-state index is 0.0289. The summed E-state index contributed by atoms with van der Waals surface area (Å²) in [5, 5.41) is 16.5. The largest absolute Gasteiger partial charge is 0.494 e. The number of amides is 1. The fourth-order valence-corrected chi connectivity index (χ4v) is 4.13. The van der Waals surface area contributed by atoms with Crippen LogP contribution in [0.2, 0.25) is 0 Å². The van der Waals surface area contributed by atoms with Crippen molar-refractivity contribution in [2.45, 2.75) is 58.5 Å². The number of rotatable bonds is 4. The summed E-state index contributed by atoms with van der Waals surface area (Å²) >= 11 is 0. The van der Waals surface area contributed by atoms with E-state index < -0.39 is 11.2 Å². The van der Waals surface area contributed by atoms with Gasteiger partial charge in [-0.3, -0.25) is 18.7 Å². The number of nitrogens with zero attached hydrogens (tertiary/aromatic N) is 4. The van der Waals surface area contributed by atoms with Crippen molar-refractivity contribution in [3.63, 3.8) is 0 Å². The zero-order valence-corrected chi connectivity index (χ0v) is 17.8. The first kappa shape index (κ1) is 19.5. The molecule has 1 aromatic carbocycles. The van der Waals surface area contributed by atoms with Gasteiger partial charge < -0.3 is 5.11 Å². The van der Waals surface area contributed by atoms with Crippen LogP contribution < -0.4 is 16.3 Å². The number of carbonyl (C=O) groups excluding carboxylic acids is 1. The molecule has 1 amide bonds. The van der Waals surface area contributed by atoms with Crippen LogP contribution in [0.5, 0.6) is 5.88 Å². The minimum atomic E-state index is -0.556. The highest BCUT2D eigenvalue weighted by Gasteiger charge is 2.36. The van der Waals surface area contributed by atoms with Gasteiger partial charge in [-0.25, -0.2) is 4.79 Å². The van der Waals surface area contributed by atoms with E-state index in [1.807, 2.05) is 32.0 Å². The Balaban J connectivity index is 1.63. The lowest BCUT2D eigenvalue weighted by molar-refractivity contribution is -0.114. The molecule has 0 radical (unpaired) electrons. The Labute approximate surface area is 178 Å². The number of benzene rings is 1. The quantitative estimate of drug-likeness (QED) is 0.769. The Morgan fingerprint density at radius 1 is 1.00 bits per heavy atom. The highest BCUT2D eigenvalue weighted by molar-refractivity contribution is 6.32. The summed E-state index contributed by atoms with van der Waals surface area (Å²) in [6, 6.07) is 5.49. The molecule has 0 bridgehead atoms. The van der Waals surface area contributed by atoms with Crippen LogP contribution in [0, 0.1) is 13.8 Å². The summed E-state index contributed by atoms with van der Waals surface area (Å²) in [6.07, 6.45) is 4.49. The SMILES string of the molecule is CC1=NN(c2ccc(C)cc2C)C(=O)/C1=C\c1c(O)n(C2CC2)c(=O)n(C2CC2)c1=O. The molecule has 1 aromatic heterocycles. The molecule has 2 aliphatic carbocycles. The molecule has 2 fully saturated rings. The van der Waals surface area contributed by atoms with Crippen molar-refractivity contribution < 1.29 is 9.90 Å². The van der Waals surface area contributed by atoms with Crippen LogP contribution in [-0.2, 0) is 4.79 Å². The molecule has 0 spiro atoms. The van der Waals surface area contributed by atoms with Crippen molar-refractivity contribution in [1.29, 1.82) is 0 Å². The zero-order chi connectivity index (χ0) is 22.0. The monoisotopic (exact) mass is 420 g/mol. The predicted molar refractivity (Wildman–Crippen MR) is 118 cm³/mol. The number of anilines is 1. The van der Waals surface area contributed by atoms with Crippen LogP contribution in [0.4, 0.5) is 5.69 Å². The van der Waals surface area contributed by atoms with E-state index in [9.17, 15) is 19.5 Å². The van der Waals surface area contributed by atoms with Gasteiger partial charge in [0, 0.05) is 12.1 Å². The molecule has 0 unspecified atom stereocenters. The van der Waals surface area contributed by atoms with Crippen LogP contribution in [0.3, 0.4) is 0 Å². The number of aromatic nitrogens is 2. The number of hydrogen-bond acceptors (Lipinski definition) is 5. The summed E-state index contributed by atoms with van der Waals surface area (Å²) < 4.78 is 2.54. The third-order valence-corrected chi connectivity index (χ3v) is 6.09. The van der Waals surface area contributed by atoms with Gasteiger partial charge in [-0.1, -0.05) is 17.7 Å². The van der Waals surface area contributed by atoms with Crippen LogP contribution >= 0.6 is 0 Å². The van der Waals surface area contributed by atoms with Gasteiger partial charge in [-0.2, -0.15) is 10.1 Å². The van der Waals surface area contributed by atoms with Crippen molar-refractivity contribution in [2.24, 2.45) is 5.10 Å². The van der Waals surface area contributed by atoms with Crippen LogP contribution in [0.1, 0.15) is 61.4 Å². The van der Waals surface area contributed by atoms with E-state index >= 15 is 0 Å². The van der Waals surface area contributed by atoms with Crippen LogP contribution in [0.15, 0.2) is 38.5 Å². The van der Waals surface area contributed by atoms with E-state index in [4.69, 9.17) is 0 Å². The normalized spacial score (nSPS) is 20.0. The number of aromatic hydroxyl groups is 1. The lowest BCUT2D eigenvalue weighted by Crippen LogP contribution is -2.40. The smallest absolute Gasteiger partial charge is 0.334 e. The predicted octanol–water partition coefficient (Wildman–Crippen LogP) is 2.81. The molecular formula is C23H24N4O4. The van der Waals surface area contributed by atoms with Crippen LogP contribution in [0.25, 0.3) is 6.08 Å². The Hall–Kier alpha value is -3.42. The lowest BCUT2D eigenvalue weighted by atomic mass is 10.1. The summed E-state index contributed by atoms with van der Waals surface area (Å²) in [5.74, 6) is -0.738. The first-order chi connectivity index (χ1) is 14.8. The number of hydrogen-bond donors (Lipinski definition) is 1. The molecule has 1 N–H and O–H groups in total. The van der Waals surface area contributed by atoms with Gasteiger partial charge in [0.2, 0.25) is 5.88 Å². The van der Waals surface area contributed by atoms with Crippen LogP contribution in [-0.4, -0.2) is 25.9 Å². The van der Waals surface area contributed by atoms with Gasteiger partial charge in [0.25, 0.3) is 11.5 Å². The van der Waals surface area contributed by atoms with Gasteiger partial charge in [0.1, 0.15) is 5.56 Å². The van der Waals surface area contributed by atoms with Crippen molar-refractivity contribution in [2.75, 3.05) is 5.01 Å². The second-order valence-corrected chi connectivity index (χ2v) is 8.68. The highest BCUT2D eigenvalue weighted by atomic mass is 16.3. The van der Waals surface area contributed by atoms with Gasteiger partial charge in [0.15, 0.2) is 0 Å². The maximum Gasteiger partial charge on any atom is 0.334 e. The van der Waals surface area contributed by atoms with E-state index in [-0.39, 0.29) is 35.0 Å². The molecule has 2 saturated carbocycles.